The molecular formula is C21H19NO5S. The van der Waals surface area contributed by atoms with E-state index in [0.29, 0.717) is 29.7 Å². The van der Waals surface area contributed by atoms with Gasteiger partial charge in [0.1, 0.15) is 10.6 Å². The third-order valence-electron chi connectivity index (χ3n) is 4.73. The minimum absolute atomic E-state index is 0.0525. The average molecular weight is 397 g/mol. The van der Waals surface area contributed by atoms with Crippen LogP contribution in [0.1, 0.15) is 16.7 Å². The van der Waals surface area contributed by atoms with Gasteiger partial charge in [-0.1, -0.05) is 35.9 Å². The number of rotatable bonds is 4. The van der Waals surface area contributed by atoms with Gasteiger partial charge in [-0.05, 0) is 44.0 Å². The summed E-state index contributed by atoms with van der Waals surface area (Å²) in [5, 5.41) is 21.1. The van der Waals surface area contributed by atoms with Crippen LogP contribution in [-0.2, 0) is 23.0 Å². The summed E-state index contributed by atoms with van der Waals surface area (Å²) in [6, 6.07) is 12.6. The van der Waals surface area contributed by atoms with E-state index in [1.54, 1.807) is 24.3 Å². The highest BCUT2D eigenvalue weighted by Crippen LogP contribution is 2.39. The molecule has 2 N–H and O–H groups in total. The maximum Gasteiger partial charge on any atom is 0.339 e. The van der Waals surface area contributed by atoms with Gasteiger partial charge in [0.05, 0.1) is 5.69 Å². The number of allylic oxidation sites excluding steroid dienone is 2. The normalized spacial score (nSPS) is 13.3. The molecule has 0 fully saturated rings. The summed E-state index contributed by atoms with van der Waals surface area (Å²) in [5.74, 6) is -0.0348. The molecule has 0 bridgehead atoms. The highest BCUT2D eigenvalue weighted by atomic mass is 32.2. The van der Waals surface area contributed by atoms with Crippen LogP contribution in [0.2, 0.25) is 0 Å². The number of hydrogen-bond donors (Lipinski definition) is 2. The van der Waals surface area contributed by atoms with Gasteiger partial charge in [0.2, 0.25) is 11.8 Å². The fourth-order valence-corrected chi connectivity index (χ4v) is 4.19. The molecule has 1 heterocycles. The van der Waals surface area contributed by atoms with Crippen molar-refractivity contribution in [3.05, 3.63) is 77.4 Å². The molecule has 2 aromatic carbocycles. The molecule has 28 heavy (non-hydrogen) atoms. The second-order valence-corrected chi connectivity index (χ2v) is 8.21. The lowest BCUT2D eigenvalue weighted by molar-refractivity contribution is 0.399. The molecule has 3 aromatic rings. The molecule has 0 aliphatic heterocycles. The van der Waals surface area contributed by atoms with E-state index >= 15 is 0 Å². The Morgan fingerprint density at radius 1 is 0.929 bits per heavy atom. The Morgan fingerprint density at radius 2 is 1.54 bits per heavy atom. The Balaban J connectivity index is 1.70. The van der Waals surface area contributed by atoms with Crippen molar-refractivity contribution in [1.29, 1.82) is 0 Å². The first-order valence-corrected chi connectivity index (χ1v) is 10.2. The van der Waals surface area contributed by atoms with Crippen LogP contribution in [0.15, 0.2) is 65.6 Å². The number of aromatic hydroxyl groups is 2. The molecule has 0 spiro atoms. The van der Waals surface area contributed by atoms with Crippen molar-refractivity contribution in [3.8, 4) is 23.2 Å². The highest BCUT2D eigenvalue weighted by Gasteiger charge is 2.24. The topological polar surface area (TPSA) is 88.8 Å². The minimum atomic E-state index is -4.00. The van der Waals surface area contributed by atoms with Gasteiger partial charge in [0.15, 0.2) is 0 Å². The van der Waals surface area contributed by atoms with E-state index in [1.807, 2.05) is 19.1 Å². The van der Waals surface area contributed by atoms with E-state index in [4.69, 9.17) is 4.18 Å². The van der Waals surface area contributed by atoms with Crippen molar-refractivity contribution >= 4 is 10.1 Å². The number of nitrogens with zero attached hydrogens (tertiary/aromatic N) is 1. The van der Waals surface area contributed by atoms with Crippen molar-refractivity contribution in [3.63, 3.8) is 0 Å². The molecular weight excluding hydrogens is 378 g/mol. The summed E-state index contributed by atoms with van der Waals surface area (Å²) < 4.78 is 31.6. The van der Waals surface area contributed by atoms with Gasteiger partial charge < -0.3 is 14.4 Å². The number of hydrogen-bond acceptors (Lipinski definition) is 5. The van der Waals surface area contributed by atoms with E-state index < -0.39 is 10.1 Å². The van der Waals surface area contributed by atoms with E-state index in [0.717, 1.165) is 5.56 Å². The van der Waals surface area contributed by atoms with Gasteiger partial charge in [-0.2, -0.15) is 8.42 Å². The fraction of sp³-hybridized carbons (Fsp3) is 0.143. The van der Waals surface area contributed by atoms with Gasteiger partial charge in [-0.25, -0.2) is 0 Å². The predicted molar refractivity (Wildman–Crippen MR) is 105 cm³/mol. The Labute approximate surface area is 163 Å². The first kappa shape index (κ1) is 18.2. The first-order chi connectivity index (χ1) is 13.4. The number of aryl methyl sites for hydroxylation is 1. The Bertz CT molecular complexity index is 1140. The second kappa shape index (κ2) is 6.76. The van der Waals surface area contributed by atoms with Crippen LogP contribution in [0.3, 0.4) is 0 Å². The van der Waals surface area contributed by atoms with Crippen LogP contribution in [0.5, 0.6) is 17.5 Å². The molecule has 0 saturated heterocycles. The smallest absolute Gasteiger partial charge is 0.339 e. The van der Waals surface area contributed by atoms with Gasteiger partial charge in [-0.15, -0.1) is 0 Å². The van der Waals surface area contributed by atoms with E-state index in [1.165, 1.54) is 28.8 Å². The molecule has 1 aliphatic rings. The maximum absolute atomic E-state index is 12.5. The van der Waals surface area contributed by atoms with Gasteiger partial charge in [0, 0.05) is 17.2 Å². The molecule has 0 unspecified atom stereocenters. The number of aromatic nitrogens is 1. The fourth-order valence-electron chi connectivity index (χ4n) is 3.27. The average Bonchev–Trinajstić information content (AvgIpc) is 2.93. The molecule has 0 radical (unpaired) electrons. The molecule has 6 nitrogen and oxygen atoms in total. The second-order valence-electron chi connectivity index (χ2n) is 6.67. The first-order valence-electron chi connectivity index (χ1n) is 8.78. The lowest BCUT2D eigenvalue weighted by atomic mass is 10.0. The van der Waals surface area contributed by atoms with E-state index in [9.17, 15) is 18.6 Å². The summed E-state index contributed by atoms with van der Waals surface area (Å²) in [6.07, 6.45) is 4.92. The summed E-state index contributed by atoms with van der Waals surface area (Å²) in [4.78, 5) is 0.0525. The molecule has 0 amide bonds. The van der Waals surface area contributed by atoms with Crippen LogP contribution in [0, 0.1) is 6.92 Å². The van der Waals surface area contributed by atoms with E-state index in [-0.39, 0.29) is 22.4 Å². The predicted octanol–water partition coefficient (Wildman–Crippen LogP) is 3.62. The quantitative estimate of drug-likeness (QED) is 0.519. The summed E-state index contributed by atoms with van der Waals surface area (Å²) in [5.41, 5.74) is 2.68. The van der Waals surface area contributed by atoms with Gasteiger partial charge in [0.25, 0.3) is 0 Å². The third kappa shape index (κ3) is 3.14. The SMILES string of the molecule is Cc1ccc(S(=O)(=O)Oc2cccc(-n3c(O)c4c(c3O)CC=CC4)c2)cc1. The lowest BCUT2D eigenvalue weighted by Gasteiger charge is -2.11. The molecule has 0 atom stereocenters. The van der Waals surface area contributed by atoms with Crippen LogP contribution >= 0.6 is 0 Å². The van der Waals surface area contributed by atoms with Crippen molar-refractivity contribution in [2.75, 3.05) is 0 Å². The molecule has 7 heteroatoms. The van der Waals surface area contributed by atoms with Crippen molar-refractivity contribution < 1.29 is 22.8 Å². The standard InChI is InChI=1S/C21H19NO5S/c1-14-9-11-17(12-10-14)28(25,26)27-16-6-4-5-15(13-16)22-20(23)18-7-2-3-8-19(18)21(22)24/h2-6,9-13,23-24H,7-8H2,1H3. The molecule has 144 valence electrons. The van der Waals surface area contributed by atoms with Crippen LogP contribution in [0.25, 0.3) is 5.69 Å². The zero-order valence-corrected chi connectivity index (χ0v) is 16.0. The van der Waals surface area contributed by atoms with Crippen molar-refractivity contribution in [1.82, 2.24) is 4.57 Å². The van der Waals surface area contributed by atoms with Crippen LogP contribution in [-0.4, -0.2) is 23.2 Å². The van der Waals surface area contributed by atoms with Crippen LogP contribution < -0.4 is 4.18 Å². The largest absolute Gasteiger partial charge is 0.494 e. The molecule has 4 rings (SSSR count). The number of benzene rings is 2. The lowest BCUT2D eigenvalue weighted by Crippen LogP contribution is -2.10. The zero-order chi connectivity index (χ0) is 19.9. The third-order valence-corrected chi connectivity index (χ3v) is 5.99. The number of fused-ring (bicyclic) bond motifs is 1. The molecule has 1 aliphatic carbocycles. The van der Waals surface area contributed by atoms with Gasteiger partial charge in [-0.3, -0.25) is 4.57 Å². The van der Waals surface area contributed by atoms with E-state index in [2.05, 4.69) is 0 Å². The Hall–Kier alpha value is -3.19. The highest BCUT2D eigenvalue weighted by molar-refractivity contribution is 7.87. The monoisotopic (exact) mass is 397 g/mol. The van der Waals surface area contributed by atoms with Crippen molar-refractivity contribution in [2.45, 2.75) is 24.7 Å². The van der Waals surface area contributed by atoms with Crippen LogP contribution in [0.4, 0.5) is 0 Å². The van der Waals surface area contributed by atoms with Crippen molar-refractivity contribution in [2.24, 2.45) is 0 Å². The molecule has 1 aromatic heterocycles. The summed E-state index contributed by atoms with van der Waals surface area (Å²) in [7, 11) is -4.00. The maximum atomic E-state index is 12.5. The minimum Gasteiger partial charge on any atom is -0.494 e. The zero-order valence-electron chi connectivity index (χ0n) is 15.2. The summed E-state index contributed by atoms with van der Waals surface area (Å²) >= 11 is 0. The van der Waals surface area contributed by atoms with Gasteiger partial charge >= 0.3 is 10.1 Å². The Kier molecular flexibility index (Phi) is 4.39. The summed E-state index contributed by atoms with van der Waals surface area (Å²) in [6.45, 7) is 1.87. The molecule has 0 saturated carbocycles. The Morgan fingerprint density at radius 3 is 2.14 bits per heavy atom.